The maximum atomic E-state index is 6.19. The van der Waals surface area contributed by atoms with Gasteiger partial charge in [-0.2, -0.15) is 0 Å². The van der Waals surface area contributed by atoms with Crippen LogP contribution in [0, 0.1) is 62.3 Å². The van der Waals surface area contributed by atoms with Crippen LogP contribution in [0.5, 0.6) is 0 Å². The van der Waals surface area contributed by atoms with Crippen molar-refractivity contribution >= 4 is 32.0 Å². The summed E-state index contributed by atoms with van der Waals surface area (Å²) in [5.74, 6) is 0. The molecule has 0 saturated carbocycles. The van der Waals surface area contributed by atoms with Crippen LogP contribution in [0.1, 0.15) is 50.1 Å². The summed E-state index contributed by atoms with van der Waals surface area (Å²) in [6.45, 7) is 20.3. The zero-order valence-electron chi connectivity index (χ0n) is 22.2. The van der Waals surface area contributed by atoms with E-state index >= 15 is 0 Å². The fraction of sp³-hybridized carbons (Fsp3) is 0.400. The maximum absolute atomic E-state index is 6.19. The molecule has 1 unspecified atom stereocenters. The summed E-state index contributed by atoms with van der Waals surface area (Å²) >= 11 is 0. The van der Waals surface area contributed by atoms with E-state index in [0.29, 0.717) is 0 Å². The van der Waals surface area contributed by atoms with E-state index in [2.05, 4.69) is 98.7 Å². The Bertz CT molecular complexity index is 1040. The fourth-order valence-corrected chi connectivity index (χ4v) is 11.2. The van der Waals surface area contributed by atoms with Crippen molar-refractivity contribution in [2.75, 3.05) is 19.4 Å². The van der Waals surface area contributed by atoms with E-state index in [1.54, 1.807) is 10.6 Å². The monoisotopic (exact) mass is 478 g/mol. The molecular weight excluding hydrogens is 438 g/mol. The lowest BCUT2D eigenvalue weighted by molar-refractivity contribution is 0.468. The maximum Gasteiger partial charge on any atom is 0.0608 e. The second kappa shape index (κ2) is 10.8. The van der Waals surface area contributed by atoms with Crippen molar-refractivity contribution in [3.05, 3.63) is 86.5 Å². The van der Waals surface area contributed by atoms with Crippen LogP contribution < -0.4 is 15.9 Å². The van der Waals surface area contributed by atoms with Crippen LogP contribution in [-0.2, 0) is 4.52 Å². The smallest absolute Gasteiger partial charge is 0.0608 e. The molecular formula is C30H40OP2. The van der Waals surface area contributed by atoms with Gasteiger partial charge in [0, 0.05) is 18.6 Å². The normalized spacial score (nSPS) is 12.5. The highest BCUT2D eigenvalue weighted by molar-refractivity contribution is 7.74. The Hall–Kier alpha value is -1.52. The molecule has 3 heteroatoms. The third kappa shape index (κ3) is 5.77. The van der Waals surface area contributed by atoms with Gasteiger partial charge in [-0.15, -0.1) is 0 Å². The highest BCUT2D eigenvalue weighted by atomic mass is 31.1. The van der Waals surface area contributed by atoms with E-state index in [4.69, 9.17) is 4.52 Å². The van der Waals surface area contributed by atoms with Crippen LogP contribution in [0.25, 0.3) is 0 Å². The minimum Gasteiger partial charge on any atom is -0.358 e. The summed E-state index contributed by atoms with van der Waals surface area (Å²) in [7, 11) is 0.768. The topological polar surface area (TPSA) is 9.23 Å². The molecule has 0 aromatic heterocycles. The Labute approximate surface area is 204 Å². The summed E-state index contributed by atoms with van der Waals surface area (Å²) in [4.78, 5) is 0. The van der Waals surface area contributed by atoms with Gasteiger partial charge in [-0.25, -0.2) is 0 Å². The zero-order chi connectivity index (χ0) is 24.4. The molecule has 0 fully saturated rings. The van der Waals surface area contributed by atoms with Gasteiger partial charge in [0.05, 0.1) is 8.15 Å². The van der Waals surface area contributed by atoms with E-state index in [-0.39, 0.29) is 0 Å². The number of aryl methyl sites for hydroxylation is 9. The Balaban J connectivity index is 2.09. The Kier molecular flexibility index (Phi) is 8.55. The number of hydrogen-bond donors (Lipinski definition) is 0. The summed E-state index contributed by atoms with van der Waals surface area (Å²) in [6.07, 6.45) is 2.24. The van der Waals surface area contributed by atoms with E-state index < -0.39 is 16.1 Å². The molecule has 0 spiro atoms. The predicted octanol–water partition coefficient (Wildman–Crippen LogP) is 7.26. The second-order valence-electron chi connectivity index (χ2n) is 9.68. The van der Waals surface area contributed by atoms with E-state index in [1.165, 1.54) is 55.4 Å². The van der Waals surface area contributed by atoms with Crippen LogP contribution in [0.15, 0.2) is 36.4 Å². The summed E-state index contributed by atoms with van der Waals surface area (Å²) < 4.78 is 6.19. The Morgan fingerprint density at radius 2 is 0.788 bits per heavy atom. The summed E-state index contributed by atoms with van der Waals surface area (Å²) in [5, 5.41) is 4.56. The molecule has 0 bridgehead atoms. The second-order valence-corrected chi connectivity index (χ2v) is 13.9. The predicted molar refractivity (Wildman–Crippen MR) is 151 cm³/mol. The molecule has 0 heterocycles. The first-order valence-corrected chi connectivity index (χ1v) is 14.8. The van der Waals surface area contributed by atoms with E-state index in [0.717, 1.165) is 12.3 Å². The molecule has 0 N–H and O–H groups in total. The van der Waals surface area contributed by atoms with Gasteiger partial charge in [-0.05, 0) is 120 Å². The first-order valence-electron chi connectivity index (χ1n) is 11.9. The standard InChI is InChI=1S/C30H40OP2/c1-19-13-22(4)28(23(5)14-19)32(29-24(6)15-20(2)16-25(29)7)11-12-33(31-10)30-26(8)17-21(3)18-27(30)9/h13-18H,11-12H2,1-10H3. The molecule has 3 rings (SSSR count). The van der Waals surface area contributed by atoms with Gasteiger partial charge in [0.2, 0.25) is 0 Å². The zero-order valence-corrected chi connectivity index (χ0v) is 24.0. The molecule has 0 amide bonds. The summed E-state index contributed by atoms with van der Waals surface area (Å²) in [5.41, 5.74) is 12.5. The molecule has 176 valence electrons. The highest BCUT2D eigenvalue weighted by Crippen LogP contribution is 2.45. The third-order valence-electron chi connectivity index (χ3n) is 6.44. The van der Waals surface area contributed by atoms with Crippen molar-refractivity contribution < 1.29 is 4.52 Å². The molecule has 0 saturated heterocycles. The largest absolute Gasteiger partial charge is 0.358 e. The van der Waals surface area contributed by atoms with Gasteiger partial charge in [0.25, 0.3) is 0 Å². The van der Waals surface area contributed by atoms with Gasteiger partial charge in [-0.3, -0.25) is 0 Å². The first-order chi connectivity index (χ1) is 15.5. The van der Waals surface area contributed by atoms with Gasteiger partial charge in [0.1, 0.15) is 0 Å². The molecule has 1 nitrogen and oxygen atoms in total. The molecule has 3 aromatic carbocycles. The van der Waals surface area contributed by atoms with Crippen molar-refractivity contribution in [1.29, 1.82) is 0 Å². The minimum atomic E-state index is -0.656. The van der Waals surface area contributed by atoms with Crippen molar-refractivity contribution in [1.82, 2.24) is 0 Å². The highest BCUT2D eigenvalue weighted by Gasteiger charge is 2.25. The van der Waals surface area contributed by atoms with Crippen LogP contribution in [0.4, 0.5) is 0 Å². The number of benzene rings is 3. The van der Waals surface area contributed by atoms with Crippen molar-refractivity contribution in [2.45, 2.75) is 62.3 Å². The number of hydrogen-bond acceptors (Lipinski definition) is 1. The molecule has 0 aliphatic heterocycles. The van der Waals surface area contributed by atoms with Crippen molar-refractivity contribution in [3.63, 3.8) is 0 Å². The SMILES string of the molecule is COP(CCP(c1c(C)cc(C)cc1C)c1c(C)cc(C)cc1C)c1c(C)cc(C)cc1C. The average molecular weight is 479 g/mol. The van der Waals surface area contributed by atoms with Crippen LogP contribution in [-0.4, -0.2) is 19.4 Å². The Morgan fingerprint density at radius 1 is 0.485 bits per heavy atom. The lowest BCUT2D eigenvalue weighted by atomic mass is 10.1. The lowest BCUT2D eigenvalue weighted by Gasteiger charge is -2.29. The van der Waals surface area contributed by atoms with Crippen molar-refractivity contribution in [2.24, 2.45) is 0 Å². The first kappa shape index (κ1) is 26.1. The Morgan fingerprint density at radius 3 is 1.09 bits per heavy atom. The number of rotatable bonds is 7. The average Bonchev–Trinajstić information content (AvgIpc) is 2.67. The molecule has 0 aliphatic carbocycles. The fourth-order valence-electron chi connectivity index (χ4n) is 5.58. The molecule has 0 aliphatic rings. The molecule has 0 radical (unpaired) electrons. The van der Waals surface area contributed by atoms with Gasteiger partial charge in [0.15, 0.2) is 0 Å². The minimum absolute atomic E-state index is 0.477. The third-order valence-corrected chi connectivity index (χ3v) is 12.2. The van der Waals surface area contributed by atoms with Crippen molar-refractivity contribution in [3.8, 4) is 0 Å². The summed E-state index contributed by atoms with van der Waals surface area (Å²) in [6, 6.07) is 14.1. The van der Waals surface area contributed by atoms with E-state index in [9.17, 15) is 0 Å². The van der Waals surface area contributed by atoms with Gasteiger partial charge >= 0.3 is 0 Å². The van der Waals surface area contributed by atoms with Crippen LogP contribution in [0.2, 0.25) is 0 Å². The molecule has 1 atom stereocenters. The van der Waals surface area contributed by atoms with Crippen LogP contribution >= 0.6 is 16.1 Å². The van der Waals surface area contributed by atoms with E-state index in [1.807, 2.05) is 7.11 Å². The van der Waals surface area contributed by atoms with Gasteiger partial charge in [-0.1, -0.05) is 53.1 Å². The lowest BCUT2D eigenvalue weighted by Crippen LogP contribution is -2.25. The van der Waals surface area contributed by atoms with Crippen LogP contribution in [0.3, 0.4) is 0 Å². The molecule has 33 heavy (non-hydrogen) atoms. The molecule has 3 aromatic rings. The van der Waals surface area contributed by atoms with Gasteiger partial charge < -0.3 is 4.52 Å². The quantitative estimate of drug-likeness (QED) is 0.325.